The molecule has 0 aromatic carbocycles. The van der Waals surface area contributed by atoms with E-state index < -0.39 is 10.8 Å². The lowest BCUT2D eigenvalue weighted by Gasteiger charge is -2.31. The van der Waals surface area contributed by atoms with Crippen LogP contribution in [-0.2, 0) is 15.6 Å². The van der Waals surface area contributed by atoms with Gasteiger partial charge in [0.15, 0.2) is 0 Å². The van der Waals surface area contributed by atoms with Crippen molar-refractivity contribution in [1.82, 2.24) is 10.2 Å². The fourth-order valence-electron chi connectivity index (χ4n) is 1.76. The summed E-state index contributed by atoms with van der Waals surface area (Å²) in [7, 11) is -0.684. The molecule has 1 N–H and O–H groups in total. The number of hydrogen-bond donors (Lipinski definition) is 1. The van der Waals surface area contributed by atoms with Gasteiger partial charge in [-0.15, -0.1) is 0 Å². The second-order valence-electron chi connectivity index (χ2n) is 3.96. The Morgan fingerprint density at radius 1 is 1.36 bits per heavy atom. The minimum Gasteiger partial charge on any atom is -0.341 e. The zero-order valence-electron chi connectivity index (χ0n) is 8.20. The van der Waals surface area contributed by atoms with E-state index in [9.17, 15) is 9.00 Å². The van der Waals surface area contributed by atoms with E-state index in [0.29, 0.717) is 36.9 Å². The van der Waals surface area contributed by atoms with Gasteiger partial charge in [0.1, 0.15) is 0 Å². The fourth-order valence-corrected chi connectivity index (χ4v) is 2.81. The van der Waals surface area contributed by atoms with Gasteiger partial charge in [0.05, 0.1) is 0 Å². The highest BCUT2D eigenvalue weighted by Gasteiger charge is 2.25. The monoisotopic (exact) mass is 216 g/mol. The lowest BCUT2D eigenvalue weighted by molar-refractivity contribution is -0.132. The largest absolute Gasteiger partial charge is 0.341 e. The van der Waals surface area contributed by atoms with Crippen LogP contribution < -0.4 is 5.32 Å². The normalized spacial score (nSPS) is 24.7. The van der Waals surface area contributed by atoms with Crippen molar-refractivity contribution < 1.29 is 9.00 Å². The van der Waals surface area contributed by atoms with Crippen LogP contribution in [0.2, 0.25) is 0 Å². The predicted octanol–water partition coefficient (Wildman–Crippen LogP) is -0.813. The average Bonchev–Trinajstić information content (AvgIpc) is 2.12. The third-order valence-electron chi connectivity index (χ3n) is 2.86. The summed E-state index contributed by atoms with van der Waals surface area (Å²) in [5.74, 6) is 2.10. The molecule has 2 saturated heterocycles. The Kier molecular flexibility index (Phi) is 3.18. The van der Waals surface area contributed by atoms with E-state index in [4.69, 9.17) is 0 Å². The Morgan fingerprint density at radius 3 is 2.50 bits per heavy atom. The zero-order valence-corrected chi connectivity index (χ0v) is 9.02. The molecule has 0 bridgehead atoms. The summed E-state index contributed by atoms with van der Waals surface area (Å²) in [4.78, 5) is 13.6. The maximum atomic E-state index is 11.7. The van der Waals surface area contributed by atoms with E-state index in [2.05, 4.69) is 5.32 Å². The molecule has 0 atom stereocenters. The van der Waals surface area contributed by atoms with Crippen LogP contribution in [0.15, 0.2) is 0 Å². The van der Waals surface area contributed by atoms with Crippen molar-refractivity contribution in [1.29, 1.82) is 0 Å². The lowest BCUT2D eigenvalue weighted by Crippen LogP contribution is -2.47. The molecule has 80 valence electrons. The van der Waals surface area contributed by atoms with E-state index in [1.54, 1.807) is 0 Å². The number of amides is 1. The molecule has 14 heavy (non-hydrogen) atoms. The van der Waals surface area contributed by atoms with Gasteiger partial charge < -0.3 is 10.2 Å². The summed E-state index contributed by atoms with van der Waals surface area (Å²) in [5.41, 5.74) is 0. The van der Waals surface area contributed by atoms with Crippen LogP contribution in [0.25, 0.3) is 0 Å². The summed E-state index contributed by atoms with van der Waals surface area (Å²) in [6, 6.07) is 0. The van der Waals surface area contributed by atoms with Gasteiger partial charge in [-0.1, -0.05) is 0 Å². The highest BCUT2D eigenvalue weighted by molar-refractivity contribution is 7.85. The van der Waals surface area contributed by atoms with Crippen LogP contribution >= 0.6 is 0 Å². The first-order chi connectivity index (χ1) is 6.75. The molecular weight excluding hydrogens is 200 g/mol. The summed E-state index contributed by atoms with van der Waals surface area (Å²) in [6.45, 7) is 3.33. The molecular formula is C9H16N2O2S. The molecule has 0 aromatic heterocycles. The van der Waals surface area contributed by atoms with Crippen LogP contribution in [0.5, 0.6) is 0 Å². The minimum absolute atomic E-state index is 0.244. The third kappa shape index (κ3) is 2.33. The van der Waals surface area contributed by atoms with Crippen LogP contribution in [-0.4, -0.2) is 52.7 Å². The van der Waals surface area contributed by atoms with Gasteiger partial charge in [0.2, 0.25) is 5.91 Å². The molecule has 0 unspecified atom stereocenters. The Hall–Kier alpha value is -0.420. The van der Waals surface area contributed by atoms with Crippen LogP contribution in [0.1, 0.15) is 6.42 Å². The molecule has 2 aliphatic rings. The Labute approximate surface area is 86.5 Å². The zero-order chi connectivity index (χ0) is 9.97. The van der Waals surface area contributed by atoms with Gasteiger partial charge in [-0.2, -0.15) is 0 Å². The lowest BCUT2D eigenvalue weighted by atomic mass is 9.99. The van der Waals surface area contributed by atoms with Crippen molar-refractivity contribution in [2.24, 2.45) is 5.92 Å². The van der Waals surface area contributed by atoms with Gasteiger partial charge in [-0.25, -0.2) is 0 Å². The first-order valence-corrected chi connectivity index (χ1v) is 6.58. The van der Waals surface area contributed by atoms with Gasteiger partial charge in [-0.05, 0) is 19.0 Å². The first-order valence-electron chi connectivity index (χ1n) is 5.09. The van der Waals surface area contributed by atoms with Crippen molar-refractivity contribution in [3.8, 4) is 0 Å². The van der Waals surface area contributed by atoms with Crippen molar-refractivity contribution in [3.05, 3.63) is 0 Å². The van der Waals surface area contributed by atoms with Crippen molar-refractivity contribution >= 4 is 16.7 Å². The number of nitrogens with zero attached hydrogens (tertiary/aromatic N) is 1. The van der Waals surface area contributed by atoms with Gasteiger partial charge >= 0.3 is 0 Å². The van der Waals surface area contributed by atoms with E-state index in [-0.39, 0.29) is 5.91 Å². The average molecular weight is 216 g/mol. The van der Waals surface area contributed by atoms with E-state index in [1.807, 2.05) is 4.90 Å². The molecule has 5 heteroatoms. The Bertz CT molecular complexity index is 243. The predicted molar refractivity (Wildman–Crippen MR) is 55.4 cm³/mol. The Balaban J connectivity index is 1.76. The van der Waals surface area contributed by atoms with E-state index >= 15 is 0 Å². The molecule has 0 aliphatic carbocycles. The third-order valence-corrected chi connectivity index (χ3v) is 4.14. The fraction of sp³-hybridized carbons (Fsp3) is 0.889. The standard InChI is InChI=1S/C9H16N2O2S/c12-9(5-8-6-10-7-8)11-1-3-14(13)4-2-11/h8,10H,1-7H2. The summed E-state index contributed by atoms with van der Waals surface area (Å²) in [6.07, 6.45) is 0.666. The van der Waals surface area contributed by atoms with Gasteiger partial charge in [0, 0.05) is 41.8 Å². The number of carbonyl (C=O) groups is 1. The first kappa shape index (κ1) is 10.1. The van der Waals surface area contributed by atoms with Gasteiger partial charge in [-0.3, -0.25) is 9.00 Å². The van der Waals surface area contributed by atoms with E-state index in [0.717, 1.165) is 13.1 Å². The smallest absolute Gasteiger partial charge is 0.223 e. The molecule has 0 radical (unpaired) electrons. The number of carbonyl (C=O) groups excluding carboxylic acids is 1. The van der Waals surface area contributed by atoms with Crippen LogP contribution in [0, 0.1) is 5.92 Å². The molecule has 0 aromatic rings. The summed E-state index contributed by atoms with van der Waals surface area (Å²) < 4.78 is 11.1. The topological polar surface area (TPSA) is 49.4 Å². The number of nitrogens with one attached hydrogen (secondary N) is 1. The highest BCUT2D eigenvalue weighted by atomic mass is 32.2. The van der Waals surface area contributed by atoms with Crippen LogP contribution in [0.3, 0.4) is 0 Å². The van der Waals surface area contributed by atoms with Gasteiger partial charge in [0.25, 0.3) is 0 Å². The van der Waals surface area contributed by atoms with Crippen molar-refractivity contribution in [2.45, 2.75) is 6.42 Å². The SMILES string of the molecule is O=C(CC1CNC1)N1CCS(=O)CC1. The molecule has 0 saturated carbocycles. The second-order valence-corrected chi connectivity index (χ2v) is 5.65. The molecule has 2 fully saturated rings. The number of hydrogen-bond acceptors (Lipinski definition) is 3. The molecule has 4 nitrogen and oxygen atoms in total. The quantitative estimate of drug-likeness (QED) is 0.656. The second kappa shape index (κ2) is 4.40. The maximum Gasteiger partial charge on any atom is 0.223 e. The van der Waals surface area contributed by atoms with Crippen LogP contribution in [0.4, 0.5) is 0 Å². The summed E-state index contributed by atoms with van der Waals surface area (Å²) in [5, 5.41) is 3.16. The molecule has 2 rings (SSSR count). The van der Waals surface area contributed by atoms with Crippen molar-refractivity contribution in [2.75, 3.05) is 37.7 Å². The van der Waals surface area contributed by atoms with E-state index in [1.165, 1.54) is 0 Å². The number of rotatable bonds is 2. The highest BCUT2D eigenvalue weighted by Crippen LogP contribution is 2.11. The van der Waals surface area contributed by atoms with Crippen molar-refractivity contribution in [3.63, 3.8) is 0 Å². The molecule has 2 heterocycles. The molecule has 2 aliphatic heterocycles. The maximum absolute atomic E-state index is 11.7. The molecule has 0 spiro atoms. The Morgan fingerprint density at radius 2 is 2.00 bits per heavy atom. The summed E-state index contributed by atoms with van der Waals surface area (Å²) >= 11 is 0. The molecule has 1 amide bonds. The minimum atomic E-state index is -0.684.